The highest BCUT2D eigenvalue weighted by molar-refractivity contribution is 7.11. The Morgan fingerprint density at radius 2 is 2.14 bits per heavy atom. The van der Waals surface area contributed by atoms with Crippen molar-refractivity contribution >= 4 is 34.1 Å². The first kappa shape index (κ1) is 22.7. The number of nitrogens with zero attached hydrogens (tertiary/aromatic N) is 5. The first-order chi connectivity index (χ1) is 17.0. The third-order valence-corrected chi connectivity index (χ3v) is 7.76. The summed E-state index contributed by atoms with van der Waals surface area (Å²) in [4.78, 5) is 19.6. The molecular weight excluding hydrogens is 484 g/mol. The van der Waals surface area contributed by atoms with Crippen LogP contribution < -0.4 is 14.8 Å². The molecule has 1 aliphatic heterocycles. The van der Waals surface area contributed by atoms with Crippen molar-refractivity contribution in [2.45, 2.75) is 57.7 Å². The van der Waals surface area contributed by atoms with Crippen LogP contribution in [-0.4, -0.2) is 49.3 Å². The van der Waals surface area contributed by atoms with Crippen molar-refractivity contribution in [1.82, 2.24) is 29.8 Å². The highest BCUT2D eigenvalue weighted by atomic mass is 35.5. The van der Waals surface area contributed by atoms with E-state index in [-0.39, 0.29) is 5.60 Å². The zero-order valence-corrected chi connectivity index (χ0v) is 21.3. The van der Waals surface area contributed by atoms with Gasteiger partial charge < -0.3 is 19.4 Å². The summed E-state index contributed by atoms with van der Waals surface area (Å²) in [5.74, 6) is 1.95. The monoisotopic (exact) mass is 510 g/mol. The number of thiazole rings is 1. The second kappa shape index (κ2) is 9.04. The number of fused-ring (bicyclic) bond motifs is 1. The highest BCUT2D eigenvalue weighted by Crippen LogP contribution is 2.41. The molecule has 1 aliphatic carbocycles. The van der Waals surface area contributed by atoms with Crippen molar-refractivity contribution in [2.24, 2.45) is 0 Å². The Balaban J connectivity index is 1.38. The van der Waals surface area contributed by atoms with E-state index in [9.17, 15) is 0 Å². The van der Waals surface area contributed by atoms with Crippen LogP contribution in [0.25, 0.3) is 22.6 Å². The normalized spacial score (nSPS) is 18.8. The van der Waals surface area contributed by atoms with Gasteiger partial charge in [-0.05, 0) is 64.3 Å². The summed E-state index contributed by atoms with van der Waals surface area (Å²) < 4.78 is 14.3. The molecule has 0 unspecified atom stereocenters. The van der Waals surface area contributed by atoms with E-state index in [1.54, 1.807) is 11.3 Å². The molecule has 182 valence electrons. The number of imidazole rings is 1. The lowest BCUT2D eigenvalue weighted by atomic mass is 10.2. The molecule has 0 bridgehead atoms. The van der Waals surface area contributed by atoms with Crippen LogP contribution in [0.15, 0.2) is 30.7 Å². The standard InChI is InChI=1S/C25H27ClN6O2S/c1-15-11-28-20(35-15)12-32-22(31-21-23(32)29-14-30-24(21)34-25(2)7-8-25)18-6-5-17(10-19(18)26)33-13-16-4-3-9-27-16/h5-6,10-11,14,16,27H,3-4,7-9,12-13H2,1-2H3/t16-/m1/s1. The van der Waals surface area contributed by atoms with Crippen molar-refractivity contribution in [3.8, 4) is 23.0 Å². The van der Waals surface area contributed by atoms with Gasteiger partial charge in [-0.25, -0.2) is 15.0 Å². The Bertz CT molecular complexity index is 1380. The number of nitrogens with one attached hydrogen (secondary N) is 1. The van der Waals surface area contributed by atoms with E-state index in [1.807, 2.05) is 29.0 Å². The van der Waals surface area contributed by atoms with Crippen LogP contribution in [0.3, 0.4) is 0 Å². The topological polar surface area (TPSA) is 87.0 Å². The van der Waals surface area contributed by atoms with Crippen LogP contribution in [0.2, 0.25) is 5.02 Å². The van der Waals surface area contributed by atoms with Crippen LogP contribution >= 0.6 is 22.9 Å². The van der Waals surface area contributed by atoms with E-state index in [0.717, 1.165) is 47.0 Å². The Morgan fingerprint density at radius 3 is 2.86 bits per heavy atom. The average Bonchev–Trinajstić information content (AvgIpc) is 3.22. The molecule has 6 rings (SSSR count). The summed E-state index contributed by atoms with van der Waals surface area (Å²) in [5.41, 5.74) is 1.95. The molecule has 1 saturated heterocycles. The Kier molecular flexibility index (Phi) is 5.86. The van der Waals surface area contributed by atoms with Gasteiger partial charge >= 0.3 is 0 Å². The molecule has 0 radical (unpaired) electrons. The van der Waals surface area contributed by atoms with Crippen LogP contribution in [0.5, 0.6) is 11.6 Å². The summed E-state index contributed by atoms with van der Waals surface area (Å²) in [5, 5.41) is 4.99. The summed E-state index contributed by atoms with van der Waals surface area (Å²) in [6.45, 7) is 6.35. The van der Waals surface area contributed by atoms with E-state index in [2.05, 4.69) is 34.1 Å². The number of aryl methyl sites for hydroxylation is 1. The van der Waals surface area contributed by atoms with Crippen molar-refractivity contribution in [2.75, 3.05) is 13.2 Å². The van der Waals surface area contributed by atoms with Crippen LogP contribution in [0.4, 0.5) is 0 Å². The fourth-order valence-electron chi connectivity index (χ4n) is 4.33. The third kappa shape index (κ3) is 4.72. The fraction of sp³-hybridized carbons (Fsp3) is 0.440. The minimum Gasteiger partial charge on any atom is -0.492 e. The molecule has 3 aromatic heterocycles. The average molecular weight is 511 g/mol. The lowest BCUT2D eigenvalue weighted by molar-refractivity contribution is 0.194. The van der Waals surface area contributed by atoms with Crippen LogP contribution in [-0.2, 0) is 6.54 Å². The van der Waals surface area contributed by atoms with Gasteiger partial charge in [0, 0.05) is 22.7 Å². The molecule has 8 nitrogen and oxygen atoms in total. The molecule has 2 aliphatic rings. The molecule has 1 aromatic carbocycles. The van der Waals surface area contributed by atoms with Crippen LogP contribution in [0, 0.1) is 6.92 Å². The number of ether oxygens (including phenoxy) is 2. The summed E-state index contributed by atoms with van der Waals surface area (Å²) in [7, 11) is 0. The number of halogens is 1. The molecule has 0 spiro atoms. The van der Waals surface area contributed by atoms with E-state index >= 15 is 0 Å². The second-order valence-electron chi connectivity index (χ2n) is 9.54. The molecule has 1 N–H and O–H groups in total. The Hall–Kier alpha value is -2.75. The molecule has 1 atom stereocenters. The minimum absolute atomic E-state index is 0.178. The maximum atomic E-state index is 6.79. The van der Waals surface area contributed by atoms with Crippen molar-refractivity contribution < 1.29 is 9.47 Å². The van der Waals surface area contributed by atoms with Crippen LogP contribution in [0.1, 0.15) is 42.5 Å². The van der Waals surface area contributed by atoms with Gasteiger partial charge in [0.15, 0.2) is 11.2 Å². The predicted molar refractivity (Wildman–Crippen MR) is 137 cm³/mol. The molecule has 4 heterocycles. The minimum atomic E-state index is -0.178. The Labute approximate surface area is 212 Å². The first-order valence-corrected chi connectivity index (χ1v) is 13.1. The van der Waals surface area contributed by atoms with Gasteiger partial charge in [-0.1, -0.05) is 11.6 Å². The number of aromatic nitrogens is 5. The predicted octanol–water partition coefficient (Wildman–Crippen LogP) is 5.02. The molecule has 0 amide bonds. The maximum absolute atomic E-state index is 6.79. The zero-order valence-electron chi connectivity index (χ0n) is 19.8. The highest BCUT2D eigenvalue weighted by Gasteiger charge is 2.41. The number of rotatable bonds is 8. The van der Waals surface area contributed by atoms with Gasteiger partial charge in [-0.15, -0.1) is 11.3 Å². The van der Waals surface area contributed by atoms with Crippen molar-refractivity contribution in [3.63, 3.8) is 0 Å². The fourth-order valence-corrected chi connectivity index (χ4v) is 5.36. The second-order valence-corrected chi connectivity index (χ2v) is 11.3. The maximum Gasteiger partial charge on any atom is 0.245 e. The zero-order chi connectivity index (χ0) is 24.0. The number of hydrogen-bond acceptors (Lipinski definition) is 8. The van der Waals surface area contributed by atoms with Gasteiger partial charge in [0.05, 0.1) is 11.6 Å². The summed E-state index contributed by atoms with van der Waals surface area (Å²) in [6.07, 6.45) is 7.76. The summed E-state index contributed by atoms with van der Waals surface area (Å²) >= 11 is 8.45. The van der Waals surface area contributed by atoms with E-state index in [1.165, 1.54) is 12.7 Å². The van der Waals surface area contributed by atoms with Gasteiger partial charge in [0.1, 0.15) is 35.1 Å². The molecule has 35 heavy (non-hydrogen) atoms. The lowest BCUT2D eigenvalue weighted by Crippen LogP contribution is -2.28. The molecule has 1 saturated carbocycles. The largest absolute Gasteiger partial charge is 0.492 e. The third-order valence-electron chi connectivity index (χ3n) is 6.55. The van der Waals surface area contributed by atoms with Crippen molar-refractivity contribution in [3.05, 3.63) is 45.6 Å². The Morgan fingerprint density at radius 1 is 1.26 bits per heavy atom. The molecule has 4 aromatic rings. The van der Waals surface area contributed by atoms with Gasteiger partial charge in [-0.3, -0.25) is 0 Å². The molecule has 2 fully saturated rings. The quantitative estimate of drug-likeness (QED) is 0.356. The number of hydrogen-bond donors (Lipinski definition) is 1. The van der Waals surface area contributed by atoms with Crippen molar-refractivity contribution in [1.29, 1.82) is 0 Å². The molecular formula is C25H27ClN6O2S. The first-order valence-electron chi connectivity index (χ1n) is 12.0. The van der Waals surface area contributed by atoms with E-state index in [0.29, 0.717) is 47.1 Å². The molecule has 10 heteroatoms. The van der Waals surface area contributed by atoms with E-state index < -0.39 is 0 Å². The smallest absolute Gasteiger partial charge is 0.245 e. The number of benzene rings is 1. The van der Waals surface area contributed by atoms with Gasteiger partial charge in [-0.2, -0.15) is 4.98 Å². The SMILES string of the molecule is Cc1cnc(Cn2c(-c3ccc(OC[C@H]4CCCN4)cc3Cl)nc3c(OC4(C)CC4)ncnc32)s1. The van der Waals surface area contributed by atoms with Gasteiger partial charge in [0.2, 0.25) is 5.88 Å². The van der Waals surface area contributed by atoms with E-state index in [4.69, 9.17) is 26.1 Å². The lowest BCUT2D eigenvalue weighted by Gasteiger charge is -2.13. The van der Waals surface area contributed by atoms with Gasteiger partial charge in [0.25, 0.3) is 0 Å². The summed E-state index contributed by atoms with van der Waals surface area (Å²) in [6, 6.07) is 6.16.